The van der Waals surface area contributed by atoms with Crippen molar-refractivity contribution in [3.05, 3.63) is 77.7 Å². The van der Waals surface area contributed by atoms with E-state index < -0.39 is 16.8 Å². The van der Waals surface area contributed by atoms with Gasteiger partial charge in [-0.2, -0.15) is 0 Å². The van der Waals surface area contributed by atoms with E-state index in [0.29, 0.717) is 30.2 Å². The Labute approximate surface area is 179 Å². The lowest BCUT2D eigenvalue weighted by molar-refractivity contribution is 0.0702. The van der Waals surface area contributed by atoms with Crippen LogP contribution in [0.1, 0.15) is 26.4 Å². The number of carboxylic acids is 1. The van der Waals surface area contributed by atoms with Gasteiger partial charge in [-0.05, 0) is 40.6 Å². The summed E-state index contributed by atoms with van der Waals surface area (Å²) in [4.78, 5) is 35.5. The molecule has 0 spiro atoms. The molecule has 154 valence electrons. The molecule has 0 saturated heterocycles. The van der Waals surface area contributed by atoms with Crippen molar-refractivity contribution in [2.75, 3.05) is 17.2 Å². The lowest BCUT2D eigenvalue weighted by Crippen LogP contribution is -2.44. The van der Waals surface area contributed by atoms with Gasteiger partial charge in [-0.3, -0.25) is 9.59 Å². The zero-order valence-electron chi connectivity index (χ0n) is 15.9. The van der Waals surface area contributed by atoms with Crippen LogP contribution in [0.2, 0.25) is 0 Å². The average Bonchev–Trinajstić information content (AvgIpc) is 3.36. The lowest BCUT2D eigenvalue weighted by Gasteiger charge is -2.31. The van der Waals surface area contributed by atoms with Crippen molar-refractivity contribution in [1.82, 2.24) is 0 Å². The van der Waals surface area contributed by atoms with Gasteiger partial charge in [0.2, 0.25) is 0 Å². The zero-order valence-corrected chi connectivity index (χ0v) is 17.5. The third-order valence-corrected chi connectivity index (χ3v) is 7.19. The number of benzene rings is 1. The molecular weight excluding hydrogens is 422 g/mol. The first kappa shape index (κ1) is 20.3. The lowest BCUT2D eigenvalue weighted by atomic mass is 9.96. The summed E-state index contributed by atoms with van der Waals surface area (Å²) in [5.74, 6) is -0.835. The minimum Gasteiger partial charge on any atom is -0.477 e. The molecule has 0 aliphatic carbocycles. The predicted octanol–water partition coefficient (Wildman–Crippen LogP) is 2.55. The van der Waals surface area contributed by atoms with Gasteiger partial charge in [-0.15, -0.1) is 22.7 Å². The molecule has 5 N–H and O–H groups in total. The summed E-state index contributed by atoms with van der Waals surface area (Å²) in [6, 6.07) is 9.83. The summed E-state index contributed by atoms with van der Waals surface area (Å²) in [7, 11) is 0. The molecule has 7 nitrogen and oxygen atoms in total. The number of fused-ring (bicyclic) bond motifs is 2. The standard InChI is InChI=1S/C14H15N3O2.C7H4O2S2/c15-6-8-1-2-9-3-4-17(7-10(9)5-8)12-11(16)13(18)14(12)19;8-7(9)6-3-5-4(11-6)1-2-10-5/h1-2,5H,3-4,6-7,15-16H2;1-3H,(H,8,9). The minimum atomic E-state index is -0.835. The largest absolute Gasteiger partial charge is 0.477 e. The van der Waals surface area contributed by atoms with E-state index in [-0.39, 0.29) is 5.69 Å². The van der Waals surface area contributed by atoms with E-state index in [0.717, 1.165) is 26.9 Å². The van der Waals surface area contributed by atoms with Crippen LogP contribution in [0.15, 0.2) is 45.3 Å². The Morgan fingerprint density at radius 3 is 2.57 bits per heavy atom. The fourth-order valence-corrected chi connectivity index (χ4v) is 5.46. The number of nitrogens with zero attached hydrogens (tertiary/aromatic N) is 1. The monoisotopic (exact) mass is 441 g/mol. The van der Waals surface area contributed by atoms with E-state index in [4.69, 9.17) is 16.6 Å². The molecule has 5 rings (SSSR count). The molecule has 0 saturated carbocycles. The number of anilines is 2. The van der Waals surface area contributed by atoms with E-state index in [1.165, 1.54) is 16.9 Å². The Bertz CT molecular complexity index is 1290. The Kier molecular flexibility index (Phi) is 5.42. The molecule has 1 aliphatic rings. The van der Waals surface area contributed by atoms with Crippen molar-refractivity contribution in [1.29, 1.82) is 0 Å². The van der Waals surface area contributed by atoms with Gasteiger partial charge in [0.1, 0.15) is 16.3 Å². The van der Waals surface area contributed by atoms with Crippen LogP contribution >= 0.6 is 22.7 Å². The molecule has 9 heteroatoms. The first-order chi connectivity index (χ1) is 14.4. The highest BCUT2D eigenvalue weighted by Crippen LogP contribution is 2.29. The van der Waals surface area contributed by atoms with Crippen LogP contribution in [0.3, 0.4) is 0 Å². The summed E-state index contributed by atoms with van der Waals surface area (Å²) < 4.78 is 2.12. The maximum absolute atomic E-state index is 11.6. The first-order valence-electron chi connectivity index (χ1n) is 9.24. The van der Waals surface area contributed by atoms with Crippen LogP contribution in [-0.4, -0.2) is 17.6 Å². The van der Waals surface area contributed by atoms with Crippen LogP contribution < -0.4 is 27.2 Å². The van der Waals surface area contributed by atoms with Gasteiger partial charge in [0.25, 0.3) is 10.9 Å². The molecule has 2 aromatic carbocycles. The van der Waals surface area contributed by atoms with E-state index in [1.807, 2.05) is 22.4 Å². The Morgan fingerprint density at radius 2 is 1.90 bits per heavy atom. The molecule has 0 fully saturated rings. The van der Waals surface area contributed by atoms with Gasteiger partial charge in [-0.25, -0.2) is 4.79 Å². The summed E-state index contributed by atoms with van der Waals surface area (Å²) in [5, 5.41) is 10.6. The molecule has 1 aliphatic heterocycles. The number of carboxylic acid groups (broad SMARTS) is 1. The van der Waals surface area contributed by atoms with Crippen LogP contribution in [0.4, 0.5) is 11.4 Å². The normalized spacial score (nSPS) is 13.2. The molecule has 0 unspecified atom stereocenters. The molecule has 2 aromatic heterocycles. The average molecular weight is 442 g/mol. The Balaban J connectivity index is 0.000000168. The second kappa shape index (κ2) is 8.02. The quantitative estimate of drug-likeness (QED) is 0.417. The molecule has 4 aromatic rings. The van der Waals surface area contributed by atoms with Crippen molar-refractivity contribution in [2.24, 2.45) is 5.73 Å². The summed E-state index contributed by atoms with van der Waals surface area (Å²) in [6.07, 6.45) is 0.846. The van der Waals surface area contributed by atoms with Crippen molar-refractivity contribution in [3.8, 4) is 0 Å². The van der Waals surface area contributed by atoms with Crippen LogP contribution in [-0.2, 0) is 19.5 Å². The topological polar surface area (TPSA) is 127 Å². The fraction of sp³-hybridized carbons (Fsp3) is 0.190. The second-order valence-electron chi connectivity index (χ2n) is 6.96. The first-order valence-corrected chi connectivity index (χ1v) is 10.9. The van der Waals surface area contributed by atoms with E-state index in [2.05, 4.69) is 12.1 Å². The third kappa shape index (κ3) is 3.62. The minimum absolute atomic E-state index is 0.100. The number of carbonyl (C=O) groups is 1. The van der Waals surface area contributed by atoms with Gasteiger partial charge in [0.05, 0.1) is 0 Å². The van der Waals surface area contributed by atoms with Crippen molar-refractivity contribution in [3.63, 3.8) is 0 Å². The van der Waals surface area contributed by atoms with Crippen LogP contribution in [0.5, 0.6) is 0 Å². The number of hydrogen-bond acceptors (Lipinski definition) is 8. The number of aromatic carboxylic acids is 1. The molecule has 0 radical (unpaired) electrons. The zero-order chi connectivity index (χ0) is 21.4. The Hall–Kier alpha value is -3.01. The maximum Gasteiger partial charge on any atom is 0.345 e. The second-order valence-corrected chi connectivity index (χ2v) is 9.00. The van der Waals surface area contributed by atoms with Gasteiger partial charge >= 0.3 is 5.97 Å². The Morgan fingerprint density at radius 1 is 1.10 bits per heavy atom. The molecule has 3 heterocycles. The number of hydrogen-bond donors (Lipinski definition) is 3. The van der Waals surface area contributed by atoms with Crippen molar-refractivity contribution in [2.45, 2.75) is 19.5 Å². The highest BCUT2D eigenvalue weighted by molar-refractivity contribution is 7.27. The smallest absolute Gasteiger partial charge is 0.345 e. The van der Waals surface area contributed by atoms with Crippen molar-refractivity contribution < 1.29 is 9.90 Å². The van der Waals surface area contributed by atoms with Gasteiger partial charge in [-0.1, -0.05) is 18.2 Å². The highest BCUT2D eigenvalue weighted by Gasteiger charge is 2.26. The molecule has 0 amide bonds. The molecule has 0 bridgehead atoms. The number of thiophene rings is 2. The van der Waals surface area contributed by atoms with E-state index in [9.17, 15) is 14.4 Å². The van der Waals surface area contributed by atoms with Crippen molar-refractivity contribution >= 4 is 49.4 Å². The van der Waals surface area contributed by atoms with Gasteiger partial charge in [0, 0.05) is 29.0 Å². The SMILES string of the molecule is NCc1ccc2c(c1)CN(c1c(N)c(=O)c1=O)CC2.O=C(O)c1cc2sccc2s1. The van der Waals surface area contributed by atoms with E-state index >= 15 is 0 Å². The maximum atomic E-state index is 11.6. The molecule has 30 heavy (non-hydrogen) atoms. The predicted molar refractivity (Wildman–Crippen MR) is 122 cm³/mol. The number of nitrogens with two attached hydrogens (primary N) is 2. The van der Waals surface area contributed by atoms with Gasteiger partial charge in [0.15, 0.2) is 0 Å². The summed E-state index contributed by atoms with van der Waals surface area (Å²) in [6.45, 7) is 1.82. The van der Waals surface area contributed by atoms with Crippen LogP contribution in [0, 0.1) is 0 Å². The highest BCUT2D eigenvalue weighted by atomic mass is 32.1. The fourth-order valence-electron chi connectivity index (χ4n) is 3.51. The third-order valence-electron chi connectivity index (χ3n) is 5.11. The number of nitrogen functional groups attached to an aromatic ring is 1. The molecular formula is C21H19N3O4S2. The molecule has 0 atom stereocenters. The summed E-state index contributed by atoms with van der Waals surface area (Å²) in [5.41, 5.74) is 14.2. The van der Waals surface area contributed by atoms with E-state index in [1.54, 1.807) is 17.4 Å². The van der Waals surface area contributed by atoms with Crippen LogP contribution in [0.25, 0.3) is 9.40 Å². The number of rotatable bonds is 3. The van der Waals surface area contributed by atoms with Gasteiger partial charge < -0.3 is 21.5 Å². The summed E-state index contributed by atoms with van der Waals surface area (Å²) >= 11 is 2.90.